The average molecular weight is 249 g/mol. The van der Waals surface area contributed by atoms with Crippen molar-refractivity contribution in [3.05, 3.63) is 38.8 Å². The highest BCUT2D eigenvalue weighted by Crippen LogP contribution is 2.28. The fourth-order valence-electron chi connectivity index (χ4n) is 2.09. The maximum absolute atomic E-state index is 5.94. The Morgan fingerprint density at radius 2 is 2.06 bits per heavy atom. The number of aryl methyl sites for hydroxylation is 2. The molecule has 2 aromatic heterocycles. The Kier molecular flexibility index (Phi) is 3.35. The third-order valence-electron chi connectivity index (χ3n) is 3.41. The molecular formula is C13H19N3S. The molecule has 0 aliphatic rings. The van der Waals surface area contributed by atoms with Crippen LogP contribution >= 0.6 is 11.3 Å². The highest BCUT2D eigenvalue weighted by molar-refractivity contribution is 7.10. The van der Waals surface area contributed by atoms with E-state index in [0.717, 1.165) is 5.69 Å². The zero-order valence-corrected chi connectivity index (χ0v) is 11.6. The normalized spacial score (nSPS) is 13.0. The molecule has 4 heteroatoms. The van der Waals surface area contributed by atoms with Gasteiger partial charge in [0.15, 0.2) is 0 Å². The summed E-state index contributed by atoms with van der Waals surface area (Å²) in [5.74, 6) is 0. The first-order valence-corrected chi connectivity index (χ1v) is 6.70. The molecule has 17 heavy (non-hydrogen) atoms. The summed E-state index contributed by atoms with van der Waals surface area (Å²) in [7, 11) is 0. The van der Waals surface area contributed by atoms with Gasteiger partial charge in [0.2, 0.25) is 0 Å². The van der Waals surface area contributed by atoms with Gasteiger partial charge >= 0.3 is 0 Å². The van der Waals surface area contributed by atoms with Gasteiger partial charge < -0.3 is 5.73 Å². The average Bonchev–Trinajstić information content (AvgIpc) is 2.82. The van der Waals surface area contributed by atoms with Crippen molar-refractivity contribution in [1.82, 2.24) is 9.78 Å². The molecule has 1 atom stereocenters. The van der Waals surface area contributed by atoms with Crippen molar-refractivity contribution in [2.75, 3.05) is 6.54 Å². The van der Waals surface area contributed by atoms with Gasteiger partial charge in [0, 0.05) is 17.1 Å². The predicted octanol–water partition coefficient (Wildman–Crippen LogP) is 2.73. The van der Waals surface area contributed by atoms with Crippen molar-refractivity contribution in [3.63, 3.8) is 0 Å². The highest BCUT2D eigenvalue weighted by Gasteiger charge is 2.20. The molecular weight excluding hydrogens is 230 g/mol. The van der Waals surface area contributed by atoms with E-state index in [4.69, 9.17) is 5.73 Å². The Hall–Kier alpha value is -1.13. The minimum Gasteiger partial charge on any atom is -0.328 e. The van der Waals surface area contributed by atoms with Gasteiger partial charge in [-0.25, -0.2) is 0 Å². The molecule has 0 saturated carbocycles. The number of thiophene rings is 1. The predicted molar refractivity (Wildman–Crippen MR) is 72.7 cm³/mol. The lowest BCUT2D eigenvalue weighted by Crippen LogP contribution is -2.22. The van der Waals surface area contributed by atoms with E-state index in [-0.39, 0.29) is 6.04 Å². The molecule has 0 aliphatic heterocycles. The van der Waals surface area contributed by atoms with Gasteiger partial charge in [-0.2, -0.15) is 5.10 Å². The second kappa shape index (κ2) is 4.63. The lowest BCUT2D eigenvalue weighted by atomic mass is 10.1. The summed E-state index contributed by atoms with van der Waals surface area (Å²) < 4.78 is 2.07. The smallest absolute Gasteiger partial charge is 0.0988 e. The van der Waals surface area contributed by atoms with E-state index in [2.05, 4.69) is 42.0 Å². The number of nitrogens with two attached hydrogens (primary N) is 1. The summed E-state index contributed by atoms with van der Waals surface area (Å²) in [6, 6.07) is 2.31. The Morgan fingerprint density at radius 3 is 2.47 bits per heavy atom. The lowest BCUT2D eigenvalue weighted by molar-refractivity contribution is 0.521. The Labute approximate surface area is 106 Å². The number of nitrogens with zero attached hydrogens (tertiary/aromatic N) is 2. The van der Waals surface area contributed by atoms with E-state index in [1.54, 1.807) is 11.3 Å². The fourth-order valence-corrected chi connectivity index (χ4v) is 3.12. The third-order valence-corrected chi connectivity index (χ3v) is 4.53. The number of rotatable bonds is 3. The van der Waals surface area contributed by atoms with Crippen LogP contribution in [0, 0.1) is 27.7 Å². The summed E-state index contributed by atoms with van der Waals surface area (Å²) in [6.45, 7) is 8.99. The van der Waals surface area contributed by atoms with Gasteiger partial charge in [0.05, 0.1) is 11.7 Å². The second-order valence-electron chi connectivity index (χ2n) is 4.46. The van der Waals surface area contributed by atoms with E-state index in [0.29, 0.717) is 6.54 Å². The number of aromatic nitrogens is 2. The quantitative estimate of drug-likeness (QED) is 0.909. The second-order valence-corrected chi connectivity index (χ2v) is 5.41. The SMILES string of the molecule is Cc1ccsc1C(CN)n1nc(C)c(C)c1C. The van der Waals surface area contributed by atoms with Crippen LogP contribution in [0.1, 0.15) is 33.4 Å². The Balaban J connectivity index is 2.50. The minimum absolute atomic E-state index is 0.169. The van der Waals surface area contributed by atoms with Gasteiger partial charge in [-0.1, -0.05) is 0 Å². The van der Waals surface area contributed by atoms with E-state index >= 15 is 0 Å². The van der Waals surface area contributed by atoms with Crippen molar-refractivity contribution in [2.24, 2.45) is 5.73 Å². The molecule has 2 rings (SSSR count). The fraction of sp³-hybridized carbons (Fsp3) is 0.462. The van der Waals surface area contributed by atoms with E-state index in [1.807, 2.05) is 6.92 Å². The molecule has 0 aliphatic carbocycles. The lowest BCUT2D eigenvalue weighted by Gasteiger charge is -2.17. The van der Waals surface area contributed by atoms with Crippen LogP contribution < -0.4 is 5.73 Å². The number of hydrogen-bond acceptors (Lipinski definition) is 3. The largest absolute Gasteiger partial charge is 0.328 e. The van der Waals surface area contributed by atoms with Crippen molar-refractivity contribution >= 4 is 11.3 Å². The summed E-state index contributed by atoms with van der Waals surface area (Å²) in [5, 5.41) is 6.74. The topological polar surface area (TPSA) is 43.8 Å². The molecule has 0 radical (unpaired) electrons. The highest BCUT2D eigenvalue weighted by atomic mass is 32.1. The first-order valence-electron chi connectivity index (χ1n) is 5.82. The summed E-state index contributed by atoms with van der Waals surface area (Å²) in [5.41, 5.74) is 10.8. The summed E-state index contributed by atoms with van der Waals surface area (Å²) in [6.07, 6.45) is 0. The van der Waals surface area contributed by atoms with Gasteiger partial charge in [-0.05, 0) is 50.3 Å². The summed E-state index contributed by atoms with van der Waals surface area (Å²) in [4.78, 5) is 1.32. The molecule has 92 valence electrons. The maximum atomic E-state index is 5.94. The molecule has 0 amide bonds. The molecule has 1 unspecified atom stereocenters. The molecule has 2 N–H and O–H groups in total. The first kappa shape index (κ1) is 12.3. The Morgan fingerprint density at radius 1 is 1.35 bits per heavy atom. The van der Waals surface area contributed by atoms with Gasteiger partial charge in [-0.3, -0.25) is 4.68 Å². The molecule has 0 saturated heterocycles. The van der Waals surface area contributed by atoms with Crippen LogP contribution in [-0.4, -0.2) is 16.3 Å². The van der Waals surface area contributed by atoms with Crippen LogP contribution in [0.5, 0.6) is 0 Å². The Bertz CT molecular complexity index is 525. The van der Waals surface area contributed by atoms with Crippen molar-refractivity contribution in [2.45, 2.75) is 33.7 Å². The van der Waals surface area contributed by atoms with Crippen LogP contribution in [0.4, 0.5) is 0 Å². The molecule has 0 spiro atoms. The maximum Gasteiger partial charge on any atom is 0.0988 e. The van der Waals surface area contributed by atoms with Crippen molar-refractivity contribution in [1.29, 1.82) is 0 Å². The van der Waals surface area contributed by atoms with Gasteiger partial charge in [0.25, 0.3) is 0 Å². The number of hydrogen-bond donors (Lipinski definition) is 1. The third kappa shape index (κ3) is 2.03. The van der Waals surface area contributed by atoms with Crippen LogP contribution in [0.25, 0.3) is 0 Å². The summed E-state index contributed by atoms with van der Waals surface area (Å²) >= 11 is 1.76. The van der Waals surface area contributed by atoms with E-state index < -0.39 is 0 Å². The first-order chi connectivity index (χ1) is 8.06. The van der Waals surface area contributed by atoms with Crippen molar-refractivity contribution < 1.29 is 0 Å². The van der Waals surface area contributed by atoms with Crippen LogP contribution in [0.3, 0.4) is 0 Å². The van der Waals surface area contributed by atoms with Crippen molar-refractivity contribution in [3.8, 4) is 0 Å². The molecule has 3 nitrogen and oxygen atoms in total. The monoisotopic (exact) mass is 249 g/mol. The molecule has 0 fully saturated rings. The van der Waals surface area contributed by atoms with E-state index in [1.165, 1.54) is 21.7 Å². The molecule has 2 aromatic rings. The zero-order chi connectivity index (χ0) is 12.6. The minimum atomic E-state index is 0.169. The standard InChI is InChI=1S/C13H19N3S/c1-8-5-6-17-13(8)12(7-14)16-11(4)9(2)10(3)15-16/h5-6,12H,7,14H2,1-4H3. The van der Waals surface area contributed by atoms with E-state index in [9.17, 15) is 0 Å². The molecule has 0 bridgehead atoms. The van der Waals surface area contributed by atoms with Gasteiger partial charge in [-0.15, -0.1) is 11.3 Å². The zero-order valence-electron chi connectivity index (χ0n) is 10.8. The van der Waals surface area contributed by atoms with Crippen LogP contribution in [-0.2, 0) is 0 Å². The van der Waals surface area contributed by atoms with Crippen LogP contribution in [0.2, 0.25) is 0 Å². The molecule has 0 aromatic carbocycles. The molecule has 2 heterocycles. The van der Waals surface area contributed by atoms with Crippen LogP contribution in [0.15, 0.2) is 11.4 Å². The van der Waals surface area contributed by atoms with Gasteiger partial charge in [0.1, 0.15) is 0 Å².